The van der Waals surface area contributed by atoms with Gasteiger partial charge in [-0.25, -0.2) is 0 Å². The molecule has 1 heterocycles. The van der Waals surface area contributed by atoms with Gasteiger partial charge in [-0.15, -0.1) is 0 Å². The zero-order valence-corrected chi connectivity index (χ0v) is 20.8. The van der Waals surface area contributed by atoms with E-state index in [1.54, 1.807) is 11.1 Å². The van der Waals surface area contributed by atoms with Crippen LogP contribution in [-0.4, -0.2) is 32.1 Å². The van der Waals surface area contributed by atoms with E-state index in [4.69, 9.17) is 4.74 Å². The Morgan fingerprint density at radius 1 is 1.09 bits per heavy atom. The smallest absolute Gasteiger partial charge is 0.156 e. The van der Waals surface area contributed by atoms with Crippen molar-refractivity contribution >= 4 is 11.5 Å². The van der Waals surface area contributed by atoms with Crippen molar-refractivity contribution in [3.63, 3.8) is 0 Å². The molecule has 3 fully saturated rings. The second-order valence-electron chi connectivity index (χ2n) is 12.0. The van der Waals surface area contributed by atoms with Crippen LogP contribution in [0.2, 0.25) is 0 Å². The average molecular weight is 446 g/mol. The molecule has 0 amide bonds. The lowest BCUT2D eigenvalue weighted by Gasteiger charge is -2.56. The van der Waals surface area contributed by atoms with E-state index in [1.165, 1.54) is 48.9 Å². The molecule has 1 spiro atoms. The summed E-state index contributed by atoms with van der Waals surface area (Å²) < 4.78 is 6.67. The number of carbonyl (C=O) groups excluding carboxylic acids is 1. The van der Waals surface area contributed by atoms with E-state index in [0.717, 1.165) is 19.4 Å². The molecular formula is C30H39NO2. The molecule has 6 atom stereocenters. The van der Waals surface area contributed by atoms with Crippen LogP contribution in [-0.2, 0) is 9.53 Å². The summed E-state index contributed by atoms with van der Waals surface area (Å²) in [4.78, 5) is 14.5. The molecule has 33 heavy (non-hydrogen) atoms. The molecule has 4 aliphatic carbocycles. The van der Waals surface area contributed by atoms with Gasteiger partial charge in [0.05, 0.1) is 5.60 Å². The molecule has 3 heteroatoms. The molecule has 0 N–H and O–H groups in total. The molecule has 2 saturated carbocycles. The maximum Gasteiger partial charge on any atom is 0.156 e. The highest BCUT2D eigenvalue weighted by Crippen LogP contribution is 2.70. The number of fused-ring (bicyclic) bond motifs is 5. The third kappa shape index (κ3) is 3.07. The van der Waals surface area contributed by atoms with Crippen molar-refractivity contribution in [2.24, 2.45) is 23.2 Å². The van der Waals surface area contributed by atoms with Crippen LogP contribution in [0.25, 0.3) is 0 Å². The van der Waals surface area contributed by atoms with Crippen molar-refractivity contribution in [2.75, 3.05) is 25.6 Å². The molecule has 1 aromatic rings. The van der Waals surface area contributed by atoms with Gasteiger partial charge < -0.3 is 9.64 Å². The first-order valence-electron chi connectivity index (χ1n) is 13.2. The monoisotopic (exact) mass is 445 g/mol. The summed E-state index contributed by atoms with van der Waals surface area (Å²) in [7, 11) is 4.22. The van der Waals surface area contributed by atoms with Gasteiger partial charge in [-0.05, 0) is 97.6 Å². The highest BCUT2D eigenvalue weighted by molar-refractivity contribution is 5.93. The van der Waals surface area contributed by atoms with Crippen molar-refractivity contribution in [2.45, 2.75) is 76.7 Å². The number of hydrogen-bond acceptors (Lipinski definition) is 3. The van der Waals surface area contributed by atoms with E-state index in [0.29, 0.717) is 35.9 Å². The zero-order chi connectivity index (χ0) is 23.0. The van der Waals surface area contributed by atoms with E-state index < -0.39 is 0 Å². The highest BCUT2D eigenvalue weighted by Gasteiger charge is 2.65. The van der Waals surface area contributed by atoms with Crippen LogP contribution in [0.1, 0.15) is 76.7 Å². The number of ketones is 1. The fourth-order valence-electron chi connectivity index (χ4n) is 8.74. The van der Waals surface area contributed by atoms with Gasteiger partial charge in [0, 0.05) is 44.1 Å². The van der Waals surface area contributed by atoms with Gasteiger partial charge in [-0.3, -0.25) is 4.79 Å². The Morgan fingerprint density at radius 2 is 1.88 bits per heavy atom. The molecule has 0 unspecified atom stereocenters. The van der Waals surface area contributed by atoms with Gasteiger partial charge in [0.2, 0.25) is 0 Å². The third-order valence-electron chi connectivity index (χ3n) is 10.3. The van der Waals surface area contributed by atoms with Crippen molar-refractivity contribution in [1.29, 1.82) is 0 Å². The number of anilines is 1. The van der Waals surface area contributed by atoms with Crippen molar-refractivity contribution < 1.29 is 9.53 Å². The van der Waals surface area contributed by atoms with Crippen molar-refractivity contribution in [3.05, 3.63) is 52.6 Å². The zero-order valence-electron chi connectivity index (χ0n) is 20.8. The third-order valence-corrected chi connectivity index (χ3v) is 10.3. The molecule has 176 valence electrons. The predicted octanol–water partition coefficient (Wildman–Crippen LogP) is 6.45. The molecule has 3 nitrogen and oxygen atoms in total. The fraction of sp³-hybridized carbons (Fsp3) is 0.633. The maximum atomic E-state index is 12.3. The van der Waals surface area contributed by atoms with Crippen LogP contribution in [0, 0.1) is 23.2 Å². The van der Waals surface area contributed by atoms with Crippen LogP contribution in [0.15, 0.2) is 47.1 Å². The predicted molar refractivity (Wildman–Crippen MR) is 133 cm³/mol. The average Bonchev–Trinajstić information content (AvgIpc) is 3.39. The lowest BCUT2D eigenvalue weighted by molar-refractivity contribution is -0.115. The highest BCUT2D eigenvalue weighted by atomic mass is 16.5. The molecule has 0 radical (unpaired) electrons. The second kappa shape index (κ2) is 7.57. The van der Waals surface area contributed by atoms with Crippen molar-refractivity contribution in [1.82, 2.24) is 0 Å². The Kier molecular flexibility index (Phi) is 4.96. The van der Waals surface area contributed by atoms with Gasteiger partial charge in [-0.2, -0.15) is 0 Å². The molecule has 1 aliphatic heterocycles. The normalized spacial score (nSPS) is 39.9. The first-order valence-corrected chi connectivity index (χ1v) is 13.2. The van der Waals surface area contributed by atoms with Gasteiger partial charge >= 0.3 is 0 Å². The molecule has 5 aliphatic rings. The van der Waals surface area contributed by atoms with E-state index in [9.17, 15) is 4.79 Å². The Balaban J connectivity index is 1.52. The Bertz CT molecular complexity index is 1030. The van der Waals surface area contributed by atoms with Gasteiger partial charge in [0.15, 0.2) is 5.78 Å². The first kappa shape index (κ1) is 21.6. The SMILES string of the molecule is C[C@H]1CC2=CC(=O)CCC2=C2[C@@H]1[C@@H]1CC[C@@]3(CCCO3)[C@@]1(C)C[C@@H]2c1ccc(N(C)C)cc1. The summed E-state index contributed by atoms with van der Waals surface area (Å²) in [6, 6.07) is 9.33. The molecule has 1 aromatic carbocycles. The molecule has 0 aromatic heterocycles. The molecule has 6 rings (SSSR count). The lowest BCUT2D eigenvalue weighted by atomic mass is 9.49. The van der Waals surface area contributed by atoms with E-state index in [2.05, 4.69) is 57.1 Å². The van der Waals surface area contributed by atoms with Crippen LogP contribution in [0.3, 0.4) is 0 Å². The fourth-order valence-corrected chi connectivity index (χ4v) is 8.74. The minimum atomic E-state index is 0.0774. The number of allylic oxidation sites excluding steroid dienone is 4. The van der Waals surface area contributed by atoms with E-state index in [-0.39, 0.29) is 11.0 Å². The van der Waals surface area contributed by atoms with Gasteiger partial charge in [-0.1, -0.05) is 31.6 Å². The largest absolute Gasteiger partial charge is 0.378 e. The van der Waals surface area contributed by atoms with Crippen LogP contribution < -0.4 is 4.90 Å². The summed E-state index contributed by atoms with van der Waals surface area (Å²) in [5.41, 5.74) is 7.62. The minimum absolute atomic E-state index is 0.0774. The van der Waals surface area contributed by atoms with E-state index in [1.807, 2.05) is 6.08 Å². The number of carbonyl (C=O) groups is 1. The standard InChI is InChI=1S/C30H39NO2/c1-19-16-21-17-23(32)10-11-24(21)28-25(20-6-8-22(9-7-20)31(3)4)18-29(2)26(27(19)28)12-14-30(29)13-5-15-33-30/h6-9,17,19,25-27H,5,10-16,18H2,1-4H3/t19-,25+,26-,27-,29-,30-/m0/s1. The number of nitrogens with zero attached hydrogens (tertiary/aromatic N) is 1. The lowest BCUT2D eigenvalue weighted by Crippen LogP contribution is -2.52. The number of rotatable bonds is 2. The summed E-state index contributed by atoms with van der Waals surface area (Å²) in [5, 5.41) is 0. The maximum absolute atomic E-state index is 12.3. The second-order valence-corrected chi connectivity index (χ2v) is 12.0. The van der Waals surface area contributed by atoms with Gasteiger partial charge in [0.1, 0.15) is 0 Å². The number of hydrogen-bond donors (Lipinski definition) is 0. The van der Waals surface area contributed by atoms with Crippen LogP contribution in [0.4, 0.5) is 5.69 Å². The first-order chi connectivity index (χ1) is 15.8. The summed E-state index contributed by atoms with van der Waals surface area (Å²) in [5.74, 6) is 2.66. The topological polar surface area (TPSA) is 29.5 Å². The summed E-state index contributed by atoms with van der Waals surface area (Å²) in [6.45, 7) is 5.98. The van der Waals surface area contributed by atoms with Crippen molar-refractivity contribution in [3.8, 4) is 0 Å². The number of ether oxygens (including phenoxy) is 1. The molecule has 0 bridgehead atoms. The van der Waals surface area contributed by atoms with Crippen LogP contribution in [0.5, 0.6) is 0 Å². The Labute approximate surface area is 199 Å². The Morgan fingerprint density at radius 3 is 2.58 bits per heavy atom. The minimum Gasteiger partial charge on any atom is -0.378 e. The van der Waals surface area contributed by atoms with E-state index >= 15 is 0 Å². The molecule has 1 saturated heterocycles. The number of benzene rings is 1. The summed E-state index contributed by atoms with van der Waals surface area (Å²) >= 11 is 0. The Hall–Kier alpha value is -1.87. The van der Waals surface area contributed by atoms with Gasteiger partial charge in [0.25, 0.3) is 0 Å². The quantitative estimate of drug-likeness (QED) is 0.524. The van der Waals surface area contributed by atoms with Crippen LogP contribution >= 0.6 is 0 Å². The molecular weight excluding hydrogens is 406 g/mol. The summed E-state index contributed by atoms with van der Waals surface area (Å²) in [6.07, 6.45) is 10.9.